The zero-order valence-electron chi connectivity index (χ0n) is 20.6. The lowest BCUT2D eigenvalue weighted by Gasteiger charge is -2.25. The van der Waals surface area contributed by atoms with Crippen molar-refractivity contribution in [2.75, 3.05) is 6.54 Å². The van der Waals surface area contributed by atoms with Crippen LogP contribution in [0, 0.1) is 5.92 Å². The molecule has 11 nitrogen and oxygen atoms in total. The molecule has 1 aromatic rings. The second-order valence-corrected chi connectivity index (χ2v) is 9.08. The summed E-state index contributed by atoms with van der Waals surface area (Å²) in [4.78, 5) is 49.6. The van der Waals surface area contributed by atoms with Crippen LogP contribution in [0.1, 0.15) is 52.0 Å². The number of aliphatic carboxylic acids is 1. The van der Waals surface area contributed by atoms with E-state index in [9.17, 15) is 24.3 Å². The van der Waals surface area contributed by atoms with Crippen molar-refractivity contribution >= 4 is 23.7 Å². The predicted octanol–water partition coefficient (Wildman–Crippen LogP) is -0.00400. The standard InChI is InChI=1S/C24H39N5O6/c1-14(2)12-20(29-21(31)18(26)13-16-7-9-17(30)10-8-16)23(33)28-19(6-4-5-11-25)22(32)27-15(3)24(34)35/h7-10,14-15,18-20,30H,4-6,11-13,25-26H2,1-3H3,(H,27,32)(H,28,33)(H,29,31)(H,34,35). The Kier molecular flexibility index (Phi) is 12.7. The molecule has 0 aliphatic carbocycles. The quantitative estimate of drug-likeness (QED) is 0.166. The Balaban J connectivity index is 2.90. The van der Waals surface area contributed by atoms with E-state index in [1.807, 2.05) is 13.8 Å². The summed E-state index contributed by atoms with van der Waals surface area (Å²) in [6.07, 6.45) is 1.97. The third-order valence-corrected chi connectivity index (χ3v) is 5.38. The molecule has 1 aromatic carbocycles. The molecule has 0 bridgehead atoms. The van der Waals surface area contributed by atoms with Crippen molar-refractivity contribution in [2.45, 2.75) is 77.0 Å². The summed E-state index contributed by atoms with van der Waals surface area (Å²) in [5.41, 5.74) is 12.3. The van der Waals surface area contributed by atoms with Crippen LogP contribution in [0.3, 0.4) is 0 Å². The average Bonchev–Trinajstić information content (AvgIpc) is 2.78. The van der Waals surface area contributed by atoms with E-state index in [0.29, 0.717) is 25.8 Å². The molecule has 0 aromatic heterocycles. The van der Waals surface area contributed by atoms with Gasteiger partial charge in [0.15, 0.2) is 0 Å². The predicted molar refractivity (Wildman–Crippen MR) is 131 cm³/mol. The fourth-order valence-electron chi connectivity index (χ4n) is 3.37. The molecule has 0 fully saturated rings. The summed E-state index contributed by atoms with van der Waals surface area (Å²) in [7, 11) is 0. The number of hydrogen-bond donors (Lipinski definition) is 7. The summed E-state index contributed by atoms with van der Waals surface area (Å²) >= 11 is 0. The minimum absolute atomic E-state index is 0.0518. The van der Waals surface area contributed by atoms with Crippen LogP contribution in [0.4, 0.5) is 0 Å². The van der Waals surface area contributed by atoms with Gasteiger partial charge in [-0.1, -0.05) is 26.0 Å². The SMILES string of the molecule is CC(C)CC(NC(=O)C(N)Cc1ccc(O)cc1)C(=O)NC(CCCCN)C(=O)NC(C)C(=O)O. The molecule has 4 atom stereocenters. The summed E-state index contributed by atoms with van der Waals surface area (Å²) in [5, 5.41) is 26.2. The molecule has 0 saturated heterocycles. The molecule has 11 heteroatoms. The first-order chi connectivity index (χ1) is 16.4. The Morgan fingerprint density at radius 2 is 1.46 bits per heavy atom. The molecule has 3 amide bonds. The van der Waals surface area contributed by atoms with Crippen molar-refractivity contribution in [1.82, 2.24) is 16.0 Å². The normalized spacial score (nSPS) is 14.5. The number of unbranched alkanes of at least 4 members (excludes halogenated alkanes) is 1. The third kappa shape index (κ3) is 11.2. The van der Waals surface area contributed by atoms with Gasteiger partial charge in [0.1, 0.15) is 23.9 Å². The number of carbonyl (C=O) groups excluding carboxylic acids is 3. The average molecular weight is 494 g/mol. The van der Waals surface area contributed by atoms with E-state index in [2.05, 4.69) is 16.0 Å². The van der Waals surface area contributed by atoms with Crippen LogP contribution in [0.2, 0.25) is 0 Å². The van der Waals surface area contributed by atoms with Crippen molar-refractivity contribution in [3.63, 3.8) is 0 Å². The summed E-state index contributed by atoms with van der Waals surface area (Å²) in [5.74, 6) is -2.75. The van der Waals surface area contributed by atoms with E-state index < -0.39 is 47.9 Å². The first kappa shape index (κ1) is 29.9. The Hall–Kier alpha value is -3.18. The van der Waals surface area contributed by atoms with Crippen molar-refractivity contribution < 1.29 is 29.4 Å². The number of benzene rings is 1. The lowest BCUT2D eigenvalue weighted by atomic mass is 10.0. The van der Waals surface area contributed by atoms with E-state index in [0.717, 1.165) is 5.56 Å². The highest BCUT2D eigenvalue weighted by atomic mass is 16.4. The number of carbonyl (C=O) groups is 4. The third-order valence-electron chi connectivity index (χ3n) is 5.38. The maximum atomic E-state index is 13.1. The second kappa shape index (κ2) is 14.9. The number of nitrogens with one attached hydrogen (secondary N) is 3. The van der Waals surface area contributed by atoms with Crippen molar-refractivity contribution in [3.05, 3.63) is 29.8 Å². The molecule has 0 spiro atoms. The Bertz CT molecular complexity index is 845. The van der Waals surface area contributed by atoms with Crippen LogP contribution in [0.15, 0.2) is 24.3 Å². The monoisotopic (exact) mass is 493 g/mol. The molecular weight excluding hydrogens is 454 g/mol. The van der Waals surface area contributed by atoms with E-state index >= 15 is 0 Å². The van der Waals surface area contributed by atoms with Gasteiger partial charge in [0, 0.05) is 0 Å². The number of phenols is 1. The number of hydrogen-bond acceptors (Lipinski definition) is 7. The smallest absolute Gasteiger partial charge is 0.325 e. The highest BCUT2D eigenvalue weighted by molar-refractivity contribution is 5.94. The highest BCUT2D eigenvalue weighted by Gasteiger charge is 2.29. The number of carboxylic acid groups (broad SMARTS) is 1. The molecule has 4 unspecified atom stereocenters. The van der Waals surface area contributed by atoms with Gasteiger partial charge in [0.25, 0.3) is 0 Å². The first-order valence-corrected chi connectivity index (χ1v) is 11.8. The summed E-state index contributed by atoms with van der Waals surface area (Å²) in [6, 6.07) is 2.34. The molecule has 0 radical (unpaired) electrons. The largest absolute Gasteiger partial charge is 0.508 e. The molecule has 0 heterocycles. The van der Waals surface area contributed by atoms with Crippen LogP contribution >= 0.6 is 0 Å². The van der Waals surface area contributed by atoms with Crippen LogP contribution in [0.5, 0.6) is 5.75 Å². The van der Waals surface area contributed by atoms with Crippen molar-refractivity contribution in [3.8, 4) is 5.75 Å². The highest BCUT2D eigenvalue weighted by Crippen LogP contribution is 2.12. The van der Waals surface area contributed by atoms with Crippen LogP contribution < -0.4 is 27.4 Å². The van der Waals surface area contributed by atoms with E-state index in [4.69, 9.17) is 16.6 Å². The van der Waals surface area contributed by atoms with Gasteiger partial charge in [-0.25, -0.2) is 0 Å². The molecule has 0 aliphatic heterocycles. The number of phenolic OH excluding ortho intramolecular Hbond substituents is 1. The van der Waals surface area contributed by atoms with Gasteiger partial charge in [-0.05, 0) is 69.2 Å². The molecule has 196 valence electrons. The number of aromatic hydroxyl groups is 1. The van der Waals surface area contributed by atoms with Crippen molar-refractivity contribution in [2.24, 2.45) is 17.4 Å². The molecule has 9 N–H and O–H groups in total. The number of amides is 3. The minimum atomic E-state index is -1.20. The van der Waals surface area contributed by atoms with E-state index in [1.165, 1.54) is 19.1 Å². The molecule has 0 saturated carbocycles. The Morgan fingerprint density at radius 1 is 0.886 bits per heavy atom. The van der Waals surface area contributed by atoms with Gasteiger partial charge in [0.05, 0.1) is 6.04 Å². The zero-order chi connectivity index (χ0) is 26.5. The lowest BCUT2D eigenvalue weighted by molar-refractivity contribution is -0.141. The van der Waals surface area contributed by atoms with Crippen LogP contribution in [-0.4, -0.2) is 64.6 Å². The lowest BCUT2D eigenvalue weighted by Crippen LogP contribution is -2.57. The Morgan fingerprint density at radius 3 is 2.00 bits per heavy atom. The second-order valence-electron chi connectivity index (χ2n) is 9.08. The van der Waals surface area contributed by atoms with Crippen LogP contribution in [0.25, 0.3) is 0 Å². The molecule has 0 aliphatic rings. The number of carboxylic acids is 1. The molecular formula is C24H39N5O6. The van der Waals surface area contributed by atoms with Crippen molar-refractivity contribution in [1.29, 1.82) is 0 Å². The fourth-order valence-corrected chi connectivity index (χ4v) is 3.37. The maximum absolute atomic E-state index is 13.1. The van der Waals surface area contributed by atoms with E-state index in [-0.39, 0.29) is 24.5 Å². The van der Waals surface area contributed by atoms with Gasteiger partial charge in [-0.2, -0.15) is 0 Å². The van der Waals surface area contributed by atoms with Gasteiger partial charge in [0.2, 0.25) is 17.7 Å². The van der Waals surface area contributed by atoms with E-state index in [1.54, 1.807) is 12.1 Å². The first-order valence-electron chi connectivity index (χ1n) is 11.8. The van der Waals surface area contributed by atoms with Gasteiger partial charge in [-0.15, -0.1) is 0 Å². The van der Waals surface area contributed by atoms with Gasteiger partial charge < -0.3 is 37.6 Å². The minimum Gasteiger partial charge on any atom is -0.508 e. The van der Waals surface area contributed by atoms with Crippen LogP contribution in [-0.2, 0) is 25.6 Å². The molecule has 1 rings (SSSR count). The summed E-state index contributed by atoms with van der Waals surface area (Å²) in [6.45, 7) is 5.53. The number of rotatable bonds is 15. The summed E-state index contributed by atoms with van der Waals surface area (Å²) < 4.78 is 0. The topological polar surface area (TPSA) is 197 Å². The maximum Gasteiger partial charge on any atom is 0.325 e. The Labute approximate surface area is 206 Å². The number of nitrogens with two attached hydrogens (primary N) is 2. The fraction of sp³-hybridized carbons (Fsp3) is 0.583. The zero-order valence-corrected chi connectivity index (χ0v) is 20.6. The molecule has 35 heavy (non-hydrogen) atoms. The van der Waals surface area contributed by atoms with Gasteiger partial charge in [-0.3, -0.25) is 19.2 Å². The van der Waals surface area contributed by atoms with Gasteiger partial charge >= 0.3 is 5.97 Å².